The van der Waals surface area contributed by atoms with E-state index in [9.17, 15) is 8.42 Å². The van der Waals surface area contributed by atoms with E-state index in [0.717, 1.165) is 5.56 Å². The summed E-state index contributed by atoms with van der Waals surface area (Å²) in [4.78, 5) is 0.282. The smallest absolute Gasteiger partial charge is 0.241 e. The molecule has 0 fully saturated rings. The molecule has 0 saturated carbocycles. The first-order valence-corrected chi connectivity index (χ1v) is 7.09. The number of sulfonamides is 1. The third-order valence-electron chi connectivity index (χ3n) is 2.67. The second-order valence-electron chi connectivity index (χ2n) is 4.18. The summed E-state index contributed by atoms with van der Waals surface area (Å²) in [5.41, 5.74) is 1.60. The molecule has 0 aliphatic carbocycles. The molecular formula is C12H19NO3S. The molecule has 17 heavy (non-hydrogen) atoms. The first-order chi connectivity index (χ1) is 7.90. The highest BCUT2D eigenvalue weighted by Gasteiger charge is 2.20. The Balaban J connectivity index is 3.09. The van der Waals surface area contributed by atoms with Crippen molar-refractivity contribution in [1.82, 2.24) is 4.72 Å². The van der Waals surface area contributed by atoms with Gasteiger partial charge in [-0.25, -0.2) is 13.1 Å². The van der Waals surface area contributed by atoms with Crippen LogP contribution >= 0.6 is 0 Å². The predicted octanol–water partition coefficient (Wildman–Crippen LogP) is 1.35. The number of nitrogens with one attached hydrogen (secondary N) is 1. The topological polar surface area (TPSA) is 66.4 Å². The molecule has 0 spiro atoms. The van der Waals surface area contributed by atoms with E-state index < -0.39 is 16.1 Å². The number of hydrogen-bond acceptors (Lipinski definition) is 3. The fourth-order valence-electron chi connectivity index (χ4n) is 1.53. The van der Waals surface area contributed by atoms with Crippen molar-refractivity contribution >= 4 is 10.0 Å². The summed E-state index contributed by atoms with van der Waals surface area (Å²) in [6.45, 7) is 5.24. The van der Waals surface area contributed by atoms with Gasteiger partial charge in [0.25, 0.3) is 0 Å². The second kappa shape index (κ2) is 5.62. The molecule has 4 nitrogen and oxygen atoms in total. The van der Waals surface area contributed by atoms with E-state index >= 15 is 0 Å². The van der Waals surface area contributed by atoms with E-state index in [1.165, 1.54) is 0 Å². The summed E-state index contributed by atoms with van der Waals surface area (Å²) in [6, 6.07) is 4.86. The van der Waals surface area contributed by atoms with Crippen LogP contribution in [0.15, 0.2) is 23.1 Å². The zero-order valence-electron chi connectivity index (χ0n) is 10.4. The molecule has 0 saturated heterocycles. The third-order valence-corrected chi connectivity index (χ3v) is 4.33. The van der Waals surface area contributed by atoms with Gasteiger partial charge in [-0.05, 0) is 37.5 Å². The van der Waals surface area contributed by atoms with E-state index in [4.69, 9.17) is 5.11 Å². The summed E-state index contributed by atoms with van der Waals surface area (Å²) >= 11 is 0. The van der Waals surface area contributed by atoms with E-state index in [0.29, 0.717) is 12.0 Å². The number of hydrogen-bond donors (Lipinski definition) is 2. The van der Waals surface area contributed by atoms with E-state index in [-0.39, 0.29) is 11.5 Å². The Bertz CT molecular complexity index is 479. The van der Waals surface area contributed by atoms with Gasteiger partial charge in [0.15, 0.2) is 0 Å². The Hall–Kier alpha value is -0.910. The molecule has 96 valence electrons. The van der Waals surface area contributed by atoms with Crippen LogP contribution in [0.1, 0.15) is 24.5 Å². The molecule has 0 aliphatic heterocycles. The molecule has 0 amide bonds. The second-order valence-corrected chi connectivity index (χ2v) is 5.86. The van der Waals surface area contributed by atoms with Crippen LogP contribution < -0.4 is 4.72 Å². The Labute approximate surface area is 103 Å². The van der Waals surface area contributed by atoms with Crippen molar-refractivity contribution in [2.75, 3.05) is 6.61 Å². The van der Waals surface area contributed by atoms with E-state index in [1.807, 2.05) is 19.9 Å². The minimum absolute atomic E-state index is 0.194. The first-order valence-electron chi connectivity index (χ1n) is 5.61. The molecular weight excluding hydrogens is 238 g/mol. The fourth-order valence-corrected chi connectivity index (χ4v) is 3.17. The third kappa shape index (κ3) is 3.52. The summed E-state index contributed by atoms with van der Waals surface area (Å²) in [6.07, 6.45) is 0.556. The minimum Gasteiger partial charge on any atom is -0.395 e. The zero-order chi connectivity index (χ0) is 13.1. The highest BCUT2D eigenvalue weighted by molar-refractivity contribution is 7.89. The van der Waals surface area contributed by atoms with Gasteiger partial charge in [-0.2, -0.15) is 0 Å². The Morgan fingerprint density at radius 2 is 2.00 bits per heavy atom. The van der Waals surface area contributed by atoms with E-state index in [1.54, 1.807) is 19.1 Å². The van der Waals surface area contributed by atoms with Crippen LogP contribution in [0.4, 0.5) is 0 Å². The lowest BCUT2D eigenvalue weighted by atomic mass is 10.2. The first kappa shape index (κ1) is 14.2. The van der Waals surface area contributed by atoms with Crippen molar-refractivity contribution in [2.45, 2.75) is 38.1 Å². The Morgan fingerprint density at radius 1 is 1.35 bits per heavy atom. The highest BCUT2D eigenvalue weighted by Crippen LogP contribution is 2.17. The summed E-state index contributed by atoms with van der Waals surface area (Å²) in [5.74, 6) is 0. The molecule has 1 aromatic carbocycles. The monoisotopic (exact) mass is 257 g/mol. The van der Waals surface area contributed by atoms with Crippen LogP contribution in [-0.4, -0.2) is 26.2 Å². The standard InChI is InChI=1S/C12H19NO3S/c1-4-11(8-14)13-17(15,16)12-7-9(2)5-6-10(12)3/h5-7,11,13-14H,4,8H2,1-3H3. The highest BCUT2D eigenvalue weighted by atomic mass is 32.2. The van der Waals surface area contributed by atoms with Gasteiger partial charge in [0.2, 0.25) is 10.0 Å². The lowest BCUT2D eigenvalue weighted by molar-refractivity contribution is 0.254. The molecule has 1 aromatic rings. The fraction of sp³-hybridized carbons (Fsp3) is 0.500. The van der Waals surface area contributed by atoms with Crippen molar-refractivity contribution in [3.05, 3.63) is 29.3 Å². The lowest BCUT2D eigenvalue weighted by Gasteiger charge is -2.16. The maximum Gasteiger partial charge on any atom is 0.241 e. The van der Waals surface area contributed by atoms with Gasteiger partial charge in [0.1, 0.15) is 0 Å². The predicted molar refractivity (Wildman–Crippen MR) is 67.4 cm³/mol. The van der Waals surface area contributed by atoms with Gasteiger partial charge >= 0.3 is 0 Å². The van der Waals surface area contributed by atoms with Gasteiger partial charge in [-0.3, -0.25) is 0 Å². The molecule has 0 aromatic heterocycles. The van der Waals surface area contributed by atoms with Gasteiger partial charge in [-0.1, -0.05) is 19.1 Å². The molecule has 1 rings (SSSR count). The van der Waals surface area contributed by atoms with Crippen molar-refractivity contribution in [3.63, 3.8) is 0 Å². The van der Waals surface area contributed by atoms with Crippen molar-refractivity contribution in [3.8, 4) is 0 Å². The number of aliphatic hydroxyl groups is 1. The SMILES string of the molecule is CCC(CO)NS(=O)(=O)c1cc(C)ccc1C. The molecule has 0 radical (unpaired) electrons. The van der Waals surface area contributed by atoms with Crippen LogP contribution in [0.3, 0.4) is 0 Å². The van der Waals surface area contributed by atoms with Crippen molar-refractivity contribution in [2.24, 2.45) is 0 Å². The number of rotatable bonds is 5. The quantitative estimate of drug-likeness (QED) is 0.837. The van der Waals surface area contributed by atoms with Crippen LogP contribution in [0.2, 0.25) is 0 Å². The summed E-state index contributed by atoms with van der Waals surface area (Å²) < 4.78 is 26.7. The Morgan fingerprint density at radius 3 is 2.53 bits per heavy atom. The van der Waals surface area contributed by atoms with Gasteiger partial charge in [0, 0.05) is 6.04 Å². The van der Waals surface area contributed by atoms with Gasteiger partial charge < -0.3 is 5.11 Å². The van der Waals surface area contributed by atoms with Crippen molar-refractivity contribution in [1.29, 1.82) is 0 Å². The normalized spacial score (nSPS) is 13.6. The lowest BCUT2D eigenvalue weighted by Crippen LogP contribution is -2.37. The number of aryl methyl sites for hydroxylation is 2. The molecule has 0 heterocycles. The van der Waals surface area contributed by atoms with E-state index in [2.05, 4.69) is 4.72 Å². The average Bonchev–Trinajstić information content (AvgIpc) is 2.29. The molecule has 0 bridgehead atoms. The van der Waals surface area contributed by atoms with Crippen LogP contribution in [0.25, 0.3) is 0 Å². The van der Waals surface area contributed by atoms with Crippen LogP contribution in [0.5, 0.6) is 0 Å². The minimum atomic E-state index is -3.55. The maximum absolute atomic E-state index is 12.1. The Kier molecular flexibility index (Phi) is 4.68. The molecule has 1 atom stereocenters. The van der Waals surface area contributed by atoms with Crippen LogP contribution in [-0.2, 0) is 10.0 Å². The summed E-state index contributed by atoms with van der Waals surface area (Å²) in [5, 5.41) is 9.03. The zero-order valence-corrected chi connectivity index (χ0v) is 11.2. The molecule has 5 heteroatoms. The maximum atomic E-state index is 12.1. The van der Waals surface area contributed by atoms with Crippen molar-refractivity contribution < 1.29 is 13.5 Å². The molecule has 2 N–H and O–H groups in total. The molecule has 1 unspecified atom stereocenters. The largest absolute Gasteiger partial charge is 0.395 e. The van der Waals surface area contributed by atoms with Gasteiger partial charge in [0.05, 0.1) is 11.5 Å². The summed E-state index contributed by atoms with van der Waals surface area (Å²) in [7, 11) is -3.55. The van der Waals surface area contributed by atoms with Gasteiger partial charge in [-0.15, -0.1) is 0 Å². The molecule has 0 aliphatic rings. The number of benzene rings is 1. The number of aliphatic hydroxyl groups excluding tert-OH is 1. The average molecular weight is 257 g/mol. The van der Waals surface area contributed by atoms with Crippen LogP contribution in [0, 0.1) is 13.8 Å².